The molecule has 7 heteroatoms. The van der Waals surface area contributed by atoms with Crippen molar-refractivity contribution in [3.8, 4) is 0 Å². The second-order valence-corrected chi connectivity index (χ2v) is 7.08. The molecule has 0 saturated carbocycles. The molecule has 0 unspecified atom stereocenters. The lowest BCUT2D eigenvalue weighted by Gasteiger charge is -2.16. The molecular weight excluding hydrogens is 352 g/mol. The van der Waals surface area contributed by atoms with E-state index in [4.69, 9.17) is 0 Å². The van der Waals surface area contributed by atoms with E-state index in [-0.39, 0.29) is 17.7 Å². The van der Waals surface area contributed by atoms with Crippen molar-refractivity contribution in [1.82, 2.24) is 20.4 Å². The lowest BCUT2D eigenvalue weighted by molar-refractivity contribution is -0.125. The van der Waals surface area contributed by atoms with Crippen LogP contribution in [0.4, 0.5) is 0 Å². The molecule has 5 nitrogen and oxygen atoms in total. The summed E-state index contributed by atoms with van der Waals surface area (Å²) < 4.78 is 2.84. The van der Waals surface area contributed by atoms with Gasteiger partial charge in [-0.2, -0.15) is 5.10 Å². The van der Waals surface area contributed by atoms with Crippen molar-refractivity contribution in [1.29, 1.82) is 0 Å². The molecule has 1 aliphatic rings. The van der Waals surface area contributed by atoms with Crippen molar-refractivity contribution < 1.29 is 4.79 Å². The molecule has 1 fully saturated rings. The molecular formula is C14H17BrN4OS. The Kier molecular flexibility index (Phi) is 4.42. The summed E-state index contributed by atoms with van der Waals surface area (Å²) in [6.45, 7) is 2.12. The Morgan fingerprint density at radius 1 is 1.62 bits per heavy atom. The first-order valence-corrected chi connectivity index (χ1v) is 8.51. The summed E-state index contributed by atoms with van der Waals surface area (Å²) >= 11 is 5.13. The quantitative estimate of drug-likeness (QED) is 0.865. The molecule has 1 saturated heterocycles. The van der Waals surface area contributed by atoms with Crippen LogP contribution in [0.2, 0.25) is 0 Å². The predicted molar refractivity (Wildman–Crippen MR) is 86.2 cm³/mol. The first-order valence-electron chi connectivity index (χ1n) is 6.84. The van der Waals surface area contributed by atoms with Gasteiger partial charge < -0.3 is 10.6 Å². The molecule has 21 heavy (non-hydrogen) atoms. The highest BCUT2D eigenvalue weighted by molar-refractivity contribution is 9.10. The molecule has 0 aromatic carbocycles. The Morgan fingerprint density at radius 3 is 3.14 bits per heavy atom. The van der Waals surface area contributed by atoms with Crippen LogP contribution < -0.4 is 10.6 Å². The highest BCUT2D eigenvalue weighted by atomic mass is 79.9. The minimum Gasteiger partial charge on any atom is -0.351 e. The maximum absolute atomic E-state index is 12.5. The fourth-order valence-electron chi connectivity index (χ4n) is 2.69. The van der Waals surface area contributed by atoms with E-state index >= 15 is 0 Å². The molecule has 0 aliphatic carbocycles. The van der Waals surface area contributed by atoms with Gasteiger partial charge in [0.25, 0.3) is 0 Å². The topological polar surface area (TPSA) is 59.0 Å². The standard InChI is InChI=1S/C14H17BrN4OS/c1-19-8-9(4-18-19)10-5-16-6-11(10)14(20)17-7-13-12(15)2-3-21-13/h2-4,8,10-11,16H,5-7H2,1H3,(H,17,20)/t10-,11+/m1/s1. The largest absolute Gasteiger partial charge is 0.351 e. The second kappa shape index (κ2) is 6.29. The lowest BCUT2D eigenvalue weighted by atomic mass is 9.90. The zero-order chi connectivity index (χ0) is 14.8. The van der Waals surface area contributed by atoms with E-state index in [0.29, 0.717) is 6.54 Å². The van der Waals surface area contributed by atoms with Gasteiger partial charge >= 0.3 is 0 Å². The van der Waals surface area contributed by atoms with Crippen LogP contribution in [-0.4, -0.2) is 28.8 Å². The molecule has 2 aromatic heterocycles. The van der Waals surface area contributed by atoms with Gasteiger partial charge in [0.2, 0.25) is 5.91 Å². The number of amides is 1. The fraction of sp³-hybridized carbons (Fsp3) is 0.429. The van der Waals surface area contributed by atoms with Crippen LogP contribution in [0, 0.1) is 5.92 Å². The summed E-state index contributed by atoms with van der Waals surface area (Å²) in [4.78, 5) is 13.6. The van der Waals surface area contributed by atoms with Gasteiger partial charge in [-0.25, -0.2) is 0 Å². The van der Waals surface area contributed by atoms with Crippen LogP contribution in [-0.2, 0) is 18.4 Å². The highest BCUT2D eigenvalue weighted by Gasteiger charge is 2.34. The summed E-state index contributed by atoms with van der Waals surface area (Å²) in [5, 5.41) is 12.6. The van der Waals surface area contributed by atoms with E-state index < -0.39 is 0 Å². The number of carbonyl (C=O) groups is 1. The van der Waals surface area contributed by atoms with Gasteiger partial charge in [0.05, 0.1) is 18.7 Å². The first-order chi connectivity index (χ1) is 10.1. The lowest BCUT2D eigenvalue weighted by Crippen LogP contribution is -2.33. The zero-order valence-corrected chi connectivity index (χ0v) is 14.1. The Labute approximate surface area is 135 Å². The van der Waals surface area contributed by atoms with Crippen molar-refractivity contribution in [2.24, 2.45) is 13.0 Å². The average molecular weight is 369 g/mol. The van der Waals surface area contributed by atoms with E-state index in [1.807, 2.05) is 30.9 Å². The van der Waals surface area contributed by atoms with Gasteiger partial charge in [-0.15, -0.1) is 11.3 Å². The van der Waals surface area contributed by atoms with Gasteiger partial charge in [0, 0.05) is 41.6 Å². The smallest absolute Gasteiger partial charge is 0.225 e. The maximum Gasteiger partial charge on any atom is 0.225 e. The number of nitrogens with zero attached hydrogens (tertiary/aromatic N) is 2. The van der Waals surface area contributed by atoms with Gasteiger partial charge in [-0.05, 0) is 32.9 Å². The Morgan fingerprint density at radius 2 is 2.48 bits per heavy atom. The van der Waals surface area contributed by atoms with Crippen molar-refractivity contribution >= 4 is 33.2 Å². The van der Waals surface area contributed by atoms with Crippen LogP contribution >= 0.6 is 27.3 Å². The number of halogens is 1. The Hall–Kier alpha value is -1.18. The predicted octanol–water partition coefficient (Wildman–Crippen LogP) is 1.86. The van der Waals surface area contributed by atoms with Crippen LogP contribution in [0.3, 0.4) is 0 Å². The molecule has 2 aromatic rings. The zero-order valence-electron chi connectivity index (χ0n) is 11.7. The summed E-state index contributed by atoms with van der Waals surface area (Å²) in [5.41, 5.74) is 1.12. The number of rotatable bonds is 4. The molecule has 1 amide bonds. The van der Waals surface area contributed by atoms with E-state index in [1.54, 1.807) is 16.0 Å². The Bertz CT molecular complexity index is 638. The maximum atomic E-state index is 12.5. The third-order valence-electron chi connectivity index (χ3n) is 3.82. The number of thiophene rings is 1. The second-order valence-electron chi connectivity index (χ2n) is 5.23. The molecule has 3 rings (SSSR count). The molecule has 1 aliphatic heterocycles. The molecule has 2 N–H and O–H groups in total. The van der Waals surface area contributed by atoms with Crippen molar-refractivity contribution in [2.75, 3.05) is 13.1 Å². The van der Waals surface area contributed by atoms with Crippen LogP contribution in [0.5, 0.6) is 0 Å². The third-order valence-corrected chi connectivity index (χ3v) is 5.74. The average Bonchev–Trinajstić information content (AvgIpc) is 3.16. The highest BCUT2D eigenvalue weighted by Crippen LogP contribution is 2.28. The van der Waals surface area contributed by atoms with Crippen molar-refractivity contribution in [3.05, 3.63) is 38.8 Å². The summed E-state index contributed by atoms with van der Waals surface area (Å²) in [6, 6.07) is 2.00. The van der Waals surface area contributed by atoms with Gasteiger partial charge in [0.1, 0.15) is 0 Å². The number of hydrogen-bond acceptors (Lipinski definition) is 4. The van der Waals surface area contributed by atoms with Crippen LogP contribution in [0.15, 0.2) is 28.3 Å². The molecule has 3 heterocycles. The summed E-state index contributed by atoms with van der Waals surface area (Å²) in [6.07, 6.45) is 3.85. The molecule has 0 radical (unpaired) electrons. The monoisotopic (exact) mass is 368 g/mol. The molecule has 0 spiro atoms. The number of carbonyl (C=O) groups excluding carboxylic acids is 1. The van der Waals surface area contributed by atoms with Gasteiger partial charge in [-0.3, -0.25) is 9.48 Å². The Balaban J connectivity index is 1.65. The SMILES string of the molecule is Cn1cc([C@H]2CNC[C@@H]2C(=O)NCc2sccc2Br)cn1. The van der Waals surface area contributed by atoms with Gasteiger partial charge in [-0.1, -0.05) is 0 Å². The van der Waals surface area contributed by atoms with Gasteiger partial charge in [0.15, 0.2) is 0 Å². The number of aryl methyl sites for hydroxylation is 1. The van der Waals surface area contributed by atoms with E-state index in [1.165, 1.54) is 0 Å². The number of aromatic nitrogens is 2. The molecule has 0 bridgehead atoms. The number of hydrogen-bond donors (Lipinski definition) is 2. The van der Waals surface area contributed by atoms with Crippen molar-refractivity contribution in [2.45, 2.75) is 12.5 Å². The fourth-order valence-corrected chi connectivity index (χ4v) is 4.12. The minimum atomic E-state index is -0.0343. The normalized spacial score (nSPS) is 21.6. The third kappa shape index (κ3) is 3.20. The minimum absolute atomic E-state index is 0.0343. The summed E-state index contributed by atoms with van der Waals surface area (Å²) in [7, 11) is 1.90. The van der Waals surface area contributed by atoms with Crippen LogP contribution in [0.25, 0.3) is 0 Å². The van der Waals surface area contributed by atoms with Crippen molar-refractivity contribution in [3.63, 3.8) is 0 Å². The molecule has 2 atom stereocenters. The first kappa shape index (κ1) is 14.7. The van der Waals surface area contributed by atoms with E-state index in [9.17, 15) is 4.79 Å². The van der Waals surface area contributed by atoms with E-state index in [2.05, 4.69) is 31.7 Å². The number of nitrogens with one attached hydrogen (secondary N) is 2. The summed E-state index contributed by atoms with van der Waals surface area (Å²) in [5.74, 6) is 0.271. The molecule has 112 valence electrons. The van der Waals surface area contributed by atoms with Crippen LogP contribution in [0.1, 0.15) is 16.4 Å². The van der Waals surface area contributed by atoms with E-state index in [0.717, 1.165) is 28.0 Å².